The van der Waals surface area contributed by atoms with Crippen molar-refractivity contribution in [3.8, 4) is 0 Å². The van der Waals surface area contributed by atoms with Crippen molar-refractivity contribution >= 4 is 11.8 Å². The number of likely N-dealkylation sites (tertiary alicyclic amines) is 1. The lowest BCUT2D eigenvalue weighted by Gasteiger charge is -2.25. The standard InChI is InChI=1S/C15H26N2O3/c1-10(2)13(9-18)16-15(20)11-7-14(19)17(8-11)12-5-3-4-6-12/h10-13,18H,3-9H2,1-2H3,(H,16,20). The third kappa shape index (κ3) is 3.32. The highest BCUT2D eigenvalue weighted by atomic mass is 16.3. The van der Waals surface area contributed by atoms with E-state index < -0.39 is 0 Å². The summed E-state index contributed by atoms with van der Waals surface area (Å²) in [7, 11) is 0. The second-order valence-electron chi connectivity index (χ2n) is 6.43. The summed E-state index contributed by atoms with van der Waals surface area (Å²) in [6.45, 7) is 4.42. The van der Waals surface area contributed by atoms with Crippen molar-refractivity contribution < 1.29 is 14.7 Å². The van der Waals surface area contributed by atoms with Crippen LogP contribution in [0.2, 0.25) is 0 Å². The second-order valence-corrected chi connectivity index (χ2v) is 6.43. The molecule has 0 spiro atoms. The predicted octanol–water partition coefficient (Wildman–Crippen LogP) is 0.911. The van der Waals surface area contributed by atoms with E-state index in [2.05, 4.69) is 5.32 Å². The summed E-state index contributed by atoms with van der Waals surface area (Å²) in [4.78, 5) is 26.2. The predicted molar refractivity (Wildman–Crippen MR) is 75.9 cm³/mol. The molecule has 2 amide bonds. The van der Waals surface area contributed by atoms with Crippen molar-refractivity contribution in [1.29, 1.82) is 0 Å². The summed E-state index contributed by atoms with van der Waals surface area (Å²) < 4.78 is 0. The average Bonchev–Trinajstić information content (AvgIpc) is 3.03. The lowest BCUT2D eigenvalue weighted by atomic mass is 10.0. The number of aliphatic hydroxyl groups excluding tert-OH is 1. The minimum atomic E-state index is -0.254. The Morgan fingerprint density at radius 3 is 2.60 bits per heavy atom. The largest absolute Gasteiger partial charge is 0.394 e. The van der Waals surface area contributed by atoms with Gasteiger partial charge < -0.3 is 15.3 Å². The van der Waals surface area contributed by atoms with E-state index in [1.165, 1.54) is 12.8 Å². The molecule has 2 rings (SSSR count). The Morgan fingerprint density at radius 1 is 1.40 bits per heavy atom. The first-order chi connectivity index (χ1) is 9.52. The Kier molecular flexibility index (Phi) is 5.02. The molecule has 0 aromatic rings. The fraction of sp³-hybridized carbons (Fsp3) is 0.867. The Balaban J connectivity index is 1.90. The van der Waals surface area contributed by atoms with Crippen molar-refractivity contribution in [3.05, 3.63) is 0 Å². The quantitative estimate of drug-likeness (QED) is 0.787. The summed E-state index contributed by atoms with van der Waals surface area (Å²) in [6.07, 6.45) is 4.84. The average molecular weight is 282 g/mol. The number of carbonyl (C=O) groups excluding carboxylic acids is 2. The van der Waals surface area contributed by atoms with Crippen molar-refractivity contribution in [2.45, 2.75) is 58.0 Å². The lowest BCUT2D eigenvalue weighted by molar-refractivity contribution is -0.130. The Hall–Kier alpha value is -1.10. The molecule has 1 heterocycles. The molecule has 1 aliphatic carbocycles. The third-order valence-electron chi connectivity index (χ3n) is 4.62. The SMILES string of the molecule is CC(C)C(CO)NC(=O)C1CC(=O)N(C2CCCC2)C1. The normalized spacial score (nSPS) is 25.5. The van der Waals surface area contributed by atoms with E-state index in [0.717, 1.165) is 12.8 Å². The molecule has 0 aromatic heterocycles. The number of amides is 2. The van der Waals surface area contributed by atoms with Gasteiger partial charge >= 0.3 is 0 Å². The molecule has 20 heavy (non-hydrogen) atoms. The molecule has 2 N–H and O–H groups in total. The van der Waals surface area contributed by atoms with Crippen LogP contribution < -0.4 is 5.32 Å². The van der Waals surface area contributed by atoms with Gasteiger partial charge in [0.25, 0.3) is 0 Å². The third-order valence-corrected chi connectivity index (χ3v) is 4.62. The van der Waals surface area contributed by atoms with Crippen LogP contribution in [0.15, 0.2) is 0 Å². The number of nitrogens with zero attached hydrogens (tertiary/aromatic N) is 1. The monoisotopic (exact) mass is 282 g/mol. The minimum Gasteiger partial charge on any atom is -0.394 e. The Morgan fingerprint density at radius 2 is 2.05 bits per heavy atom. The molecule has 2 atom stereocenters. The highest BCUT2D eigenvalue weighted by Crippen LogP contribution is 2.29. The van der Waals surface area contributed by atoms with Crippen LogP contribution in [0.3, 0.4) is 0 Å². The van der Waals surface area contributed by atoms with Crippen LogP contribution in [0.4, 0.5) is 0 Å². The summed E-state index contributed by atoms with van der Waals surface area (Å²) >= 11 is 0. The molecule has 5 heteroatoms. The van der Waals surface area contributed by atoms with Gasteiger partial charge in [0.1, 0.15) is 0 Å². The molecule has 0 aromatic carbocycles. The molecule has 0 radical (unpaired) electrons. The summed E-state index contributed by atoms with van der Waals surface area (Å²) in [5.41, 5.74) is 0. The number of nitrogens with one attached hydrogen (secondary N) is 1. The van der Waals surface area contributed by atoms with Crippen LogP contribution in [-0.2, 0) is 9.59 Å². The molecule has 2 aliphatic rings. The van der Waals surface area contributed by atoms with Crippen molar-refractivity contribution in [2.75, 3.05) is 13.2 Å². The van der Waals surface area contributed by atoms with E-state index >= 15 is 0 Å². The van der Waals surface area contributed by atoms with Crippen molar-refractivity contribution in [2.24, 2.45) is 11.8 Å². The van der Waals surface area contributed by atoms with E-state index in [0.29, 0.717) is 19.0 Å². The fourth-order valence-corrected chi connectivity index (χ4v) is 3.20. The maximum atomic E-state index is 12.2. The minimum absolute atomic E-state index is 0.0591. The number of carbonyl (C=O) groups is 2. The van der Waals surface area contributed by atoms with Crippen LogP contribution >= 0.6 is 0 Å². The topological polar surface area (TPSA) is 69.6 Å². The van der Waals surface area contributed by atoms with Gasteiger partial charge in [-0.3, -0.25) is 9.59 Å². The van der Waals surface area contributed by atoms with Gasteiger partial charge in [0, 0.05) is 19.0 Å². The van der Waals surface area contributed by atoms with Gasteiger partial charge in [0.2, 0.25) is 11.8 Å². The molecule has 5 nitrogen and oxygen atoms in total. The molecular formula is C15H26N2O3. The first-order valence-electron chi connectivity index (χ1n) is 7.73. The first-order valence-corrected chi connectivity index (χ1v) is 7.73. The van der Waals surface area contributed by atoms with Crippen LogP contribution in [-0.4, -0.2) is 47.1 Å². The summed E-state index contributed by atoms with van der Waals surface area (Å²) in [6, 6.07) is 0.122. The maximum absolute atomic E-state index is 12.2. The number of hydrogen-bond acceptors (Lipinski definition) is 3. The summed E-state index contributed by atoms with van der Waals surface area (Å²) in [5, 5.41) is 12.1. The number of rotatable bonds is 5. The fourth-order valence-electron chi connectivity index (χ4n) is 3.20. The molecule has 1 saturated carbocycles. The number of hydrogen-bond donors (Lipinski definition) is 2. The van der Waals surface area contributed by atoms with E-state index in [9.17, 15) is 14.7 Å². The van der Waals surface area contributed by atoms with Gasteiger partial charge in [-0.2, -0.15) is 0 Å². The van der Waals surface area contributed by atoms with E-state index in [4.69, 9.17) is 0 Å². The first kappa shape index (κ1) is 15.3. The van der Waals surface area contributed by atoms with E-state index in [1.54, 1.807) is 0 Å². The molecule has 114 valence electrons. The van der Waals surface area contributed by atoms with Crippen LogP contribution in [0, 0.1) is 11.8 Å². The van der Waals surface area contributed by atoms with Gasteiger partial charge in [-0.15, -0.1) is 0 Å². The van der Waals surface area contributed by atoms with Gasteiger partial charge in [0.05, 0.1) is 18.6 Å². The Bertz CT molecular complexity index is 364. The van der Waals surface area contributed by atoms with Gasteiger partial charge in [-0.05, 0) is 18.8 Å². The molecule has 2 fully saturated rings. The van der Waals surface area contributed by atoms with Crippen LogP contribution in [0.5, 0.6) is 0 Å². The van der Waals surface area contributed by atoms with Crippen LogP contribution in [0.1, 0.15) is 46.0 Å². The van der Waals surface area contributed by atoms with Gasteiger partial charge in [-0.1, -0.05) is 26.7 Å². The second kappa shape index (κ2) is 6.57. The van der Waals surface area contributed by atoms with Crippen LogP contribution in [0.25, 0.3) is 0 Å². The van der Waals surface area contributed by atoms with Crippen molar-refractivity contribution in [1.82, 2.24) is 10.2 Å². The molecule has 0 bridgehead atoms. The van der Waals surface area contributed by atoms with Crippen molar-refractivity contribution in [3.63, 3.8) is 0 Å². The zero-order valence-corrected chi connectivity index (χ0v) is 12.5. The zero-order valence-electron chi connectivity index (χ0n) is 12.5. The zero-order chi connectivity index (χ0) is 14.7. The van der Waals surface area contributed by atoms with Gasteiger partial charge in [-0.25, -0.2) is 0 Å². The van der Waals surface area contributed by atoms with E-state index in [-0.39, 0.29) is 36.3 Å². The number of aliphatic hydroxyl groups is 1. The summed E-state index contributed by atoms with van der Waals surface area (Å²) in [5.74, 6) is -0.0448. The lowest BCUT2D eigenvalue weighted by Crippen LogP contribution is -2.44. The van der Waals surface area contributed by atoms with E-state index in [1.807, 2.05) is 18.7 Å². The Labute approximate surface area is 120 Å². The maximum Gasteiger partial charge on any atom is 0.225 e. The highest BCUT2D eigenvalue weighted by molar-refractivity contribution is 5.89. The molecule has 1 saturated heterocycles. The highest BCUT2D eigenvalue weighted by Gasteiger charge is 2.39. The smallest absolute Gasteiger partial charge is 0.225 e. The molecule has 1 aliphatic heterocycles. The molecule has 2 unspecified atom stereocenters. The molecular weight excluding hydrogens is 256 g/mol. The van der Waals surface area contributed by atoms with Gasteiger partial charge in [0.15, 0.2) is 0 Å².